The van der Waals surface area contributed by atoms with E-state index in [0.717, 1.165) is 39.5 Å². The third-order valence-electron chi connectivity index (χ3n) is 9.36. The van der Waals surface area contributed by atoms with Gasteiger partial charge in [0.05, 0.1) is 0 Å². The van der Waals surface area contributed by atoms with E-state index in [4.69, 9.17) is 0 Å². The maximum absolute atomic E-state index is 13.7. The van der Waals surface area contributed by atoms with Crippen LogP contribution in [0.25, 0.3) is 11.1 Å². The molecule has 0 saturated heterocycles. The van der Waals surface area contributed by atoms with Crippen LogP contribution in [-0.4, -0.2) is 3.21 Å². The van der Waals surface area contributed by atoms with E-state index in [1.165, 1.54) is 58.6 Å². The molecule has 0 N–H and O–H groups in total. The zero-order valence-corrected chi connectivity index (χ0v) is 30.4. The van der Waals surface area contributed by atoms with Crippen LogP contribution in [0.5, 0.6) is 0 Å². The van der Waals surface area contributed by atoms with Crippen molar-refractivity contribution in [2.75, 3.05) is 0 Å². The van der Waals surface area contributed by atoms with Gasteiger partial charge >= 0.3 is 288 Å². The van der Waals surface area contributed by atoms with Crippen molar-refractivity contribution in [3.63, 3.8) is 0 Å². The molecular weight excluding hydrogens is 698 g/mol. The monoisotopic (exact) mass is 734 g/mol. The van der Waals surface area contributed by atoms with Crippen molar-refractivity contribution in [1.29, 1.82) is 0 Å². The van der Waals surface area contributed by atoms with Gasteiger partial charge in [0.2, 0.25) is 0 Å². The Morgan fingerprint density at radius 1 is 0.583 bits per heavy atom. The Morgan fingerprint density at radius 3 is 1.54 bits per heavy atom. The van der Waals surface area contributed by atoms with Crippen molar-refractivity contribution in [3.8, 4) is 11.1 Å². The summed E-state index contributed by atoms with van der Waals surface area (Å²) in [5.74, 6) is 0. The Hall–Kier alpha value is -3.31. The van der Waals surface area contributed by atoms with Crippen molar-refractivity contribution in [2.24, 2.45) is 0 Å². The summed E-state index contributed by atoms with van der Waals surface area (Å²) < 4.78 is 85.5. The van der Waals surface area contributed by atoms with Gasteiger partial charge in [-0.3, -0.25) is 0 Å². The first kappa shape index (κ1) is 34.6. The number of hydrogen-bond acceptors (Lipinski definition) is 0. The fraction of sp³-hybridized carbons (Fsp3) is 0.293. The van der Waals surface area contributed by atoms with E-state index in [-0.39, 0.29) is 10.8 Å². The first-order valence-electron chi connectivity index (χ1n) is 16.1. The van der Waals surface area contributed by atoms with Crippen molar-refractivity contribution in [3.05, 3.63) is 145 Å². The van der Waals surface area contributed by atoms with Crippen LogP contribution in [0.4, 0.5) is 26.3 Å². The molecule has 7 heteroatoms. The Kier molecular flexibility index (Phi) is 8.80. The summed E-state index contributed by atoms with van der Waals surface area (Å²) in [6.45, 7) is 13.1. The predicted octanol–water partition coefficient (Wildman–Crippen LogP) is 11.2. The van der Waals surface area contributed by atoms with E-state index in [1.54, 1.807) is 0 Å². The quantitative estimate of drug-likeness (QED) is 0.161. The van der Waals surface area contributed by atoms with Crippen LogP contribution in [0.2, 0.25) is 0 Å². The molecule has 4 aromatic rings. The number of hydrogen-bond donors (Lipinski definition) is 0. The molecule has 0 radical (unpaired) electrons. The minimum absolute atomic E-state index is 0.0460. The van der Waals surface area contributed by atoms with E-state index in [2.05, 4.69) is 84.0 Å². The summed E-state index contributed by atoms with van der Waals surface area (Å²) >= 11 is -3.36. The molecule has 0 bridgehead atoms. The number of benzene rings is 4. The van der Waals surface area contributed by atoms with Gasteiger partial charge in [0.1, 0.15) is 0 Å². The molecule has 0 aromatic heterocycles. The summed E-state index contributed by atoms with van der Waals surface area (Å²) in [5, 5.41) is 0. The Balaban J connectivity index is 1.71. The molecule has 0 nitrogen and oxygen atoms in total. The van der Waals surface area contributed by atoms with Gasteiger partial charge < -0.3 is 0 Å². The van der Waals surface area contributed by atoms with Crippen LogP contribution < -0.4 is 3.27 Å². The summed E-state index contributed by atoms with van der Waals surface area (Å²) in [6, 6.07) is 21.6. The Bertz CT molecular complexity index is 1910. The first-order valence-corrected chi connectivity index (χ1v) is 19.8. The molecule has 6 rings (SSSR count). The number of allylic oxidation sites excluding steroid dienone is 4. The Labute approximate surface area is 286 Å². The van der Waals surface area contributed by atoms with Crippen molar-refractivity contribution < 1.29 is 47.6 Å². The molecule has 2 aliphatic rings. The second-order valence-electron chi connectivity index (χ2n) is 14.8. The van der Waals surface area contributed by atoms with E-state index >= 15 is 0 Å². The van der Waals surface area contributed by atoms with Crippen LogP contribution in [-0.2, 0) is 50.9 Å². The Morgan fingerprint density at radius 2 is 1.08 bits per heavy atom. The molecule has 0 atom stereocenters. The number of rotatable bonds is 4. The molecule has 0 fully saturated rings. The molecule has 248 valence electrons. The van der Waals surface area contributed by atoms with Crippen molar-refractivity contribution in [2.45, 2.75) is 77.6 Å². The molecule has 4 aromatic carbocycles. The van der Waals surface area contributed by atoms with Gasteiger partial charge in [0.25, 0.3) is 0 Å². The second kappa shape index (κ2) is 12.2. The zero-order chi connectivity index (χ0) is 34.8. The number of fused-ring (bicyclic) bond motifs is 3. The van der Waals surface area contributed by atoms with E-state index in [1.807, 2.05) is 6.08 Å². The van der Waals surface area contributed by atoms with Crippen LogP contribution in [0.3, 0.4) is 0 Å². The van der Waals surface area contributed by atoms with E-state index < -0.39 is 44.7 Å². The van der Waals surface area contributed by atoms with Gasteiger partial charge in [-0.1, -0.05) is 0 Å². The third-order valence-corrected chi connectivity index (χ3v) is 16.9. The summed E-state index contributed by atoms with van der Waals surface area (Å²) in [4.78, 5) is 0. The molecule has 0 aliphatic heterocycles. The average molecular weight is 736 g/mol. The molecule has 0 spiro atoms. The van der Waals surface area contributed by atoms with E-state index in [0.29, 0.717) is 17.5 Å². The third kappa shape index (κ3) is 6.77. The average Bonchev–Trinajstić information content (AvgIpc) is 3.66. The summed E-state index contributed by atoms with van der Waals surface area (Å²) in [6.07, 6.45) is -1.35. The number of halogens is 6. The minimum atomic E-state index is -4.51. The molecule has 2 aliphatic carbocycles. The van der Waals surface area contributed by atoms with Crippen molar-refractivity contribution in [1.82, 2.24) is 0 Å². The molecule has 0 unspecified atom stereocenters. The predicted molar refractivity (Wildman–Crippen MR) is 180 cm³/mol. The summed E-state index contributed by atoms with van der Waals surface area (Å²) in [7, 11) is 0. The maximum atomic E-state index is 13.7. The fourth-order valence-electron chi connectivity index (χ4n) is 6.61. The standard InChI is InChI=1S/C21H25.C15H8F6.C5H5.Zr/c1-20(2,3)16-9-7-14-11-15-8-10-17(21(4,5)6)13-19(15)18(14)12-16;16-14(17,18)12-5-1-10(2-6-12)9-11-3-7-13(8-4-11)15(19,20)21;1-2-4-5-3-1;/h7,9-10,12-13H,11H2,1-6H3;1-8H;1-3H,4H2;. The van der Waals surface area contributed by atoms with Gasteiger partial charge in [-0.2, -0.15) is 0 Å². The topological polar surface area (TPSA) is 0 Å². The van der Waals surface area contributed by atoms with Gasteiger partial charge in [-0.15, -0.1) is 0 Å². The van der Waals surface area contributed by atoms with Crippen LogP contribution >= 0.6 is 0 Å². The van der Waals surface area contributed by atoms with Gasteiger partial charge in [-0.25, -0.2) is 0 Å². The van der Waals surface area contributed by atoms with Crippen LogP contribution in [0.1, 0.15) is 92.5 Å². The fourth-order valence-corrected chi connectivity index (χ4v) is 14.6. The molecule has 0 saturated carbocycles. The van der Waals surface area contributed by atoms with E-state index in [9.17, 15) is 26.3 Å². The van der Waals surface area contributed by atoms with Gasteiger partial charge in [-0.05, 0) is 0 Å². The SMILES string of the molecule is CC(C)(C)c1ccc2c(c1)-c1cc(C(C)(C)C)c[c]([Zr]([C]3=CC=CC3)=[C](c3ccc(C(F)(F)F)cc3)c3ccc(C(F)(F)F)cc3)c1C2. The number of alkyl halides is 6. The molecular formula is C41H38F6Zr. The second-order valence-corrected chi connectivity index (χ2v) is 20.8. The molecule has 0 heterocycles. The summed E-state index contributed by atoms with van der Waals surface area (Å²) in [5.41, 5.74) is 6.71. The van der Waals surface area contributed by atoms with Crippen molar-refractivity contribution >= 4 is 6.48 Å². The molecule has 0 amide bonds. The zero-order valence-electron chi connectivity index (χ0n) is 27.9. The van der Waals surface area contributed by atoms with Gasteiger partial charge in [0.15, 0.2) is 0 Å². The van der Waals surface area contributed by atoms with Gasteiger partial charge in [0, 0.05) is 0 Å². The van der Waals surface area contributed by atoms with Crippen LogP contribution in [0, 0.1) is 0 Å². The van der Waals surface area contributed by atoms with Crippen LogP contribution in [0.15, 0.2) is 100 Å². The normalized spacial score (nSPS) is 14.5. The molecule has 48 heavy (non-hydrogen) atoms. The first-order chi connectivity index (χ1) is 22.3.